The van der Waals surface area contributed by atoms with Gasteiger partial charge in [-0.05, 0) is 56.9 Å². The number of nitrogens with two attached hydrogens (primary N) is 1. The highest BCUT2D eigenvalue weighted by atomic mass is 19.1. The van der Waals surface area contributed by atoms with Gasteiger partial charge in [0.1, 0.15) is 5.82 Å². The molecule has 1 aromatic rings. The summed E-state index contributed by atoms with van der Waals surface area (Å²) in [6, 6.07) is 6.86. The summed E-state index contributed by atoms with van der Waals surface area (Å²) in [5.74, 6) is -0.527. The predicted molar refractivity (Wildman–Crippen MR) is 82.7 cm³/mol. The van der Waals surface area contributed by atoms with Gasteiger partial charge in [-0.2, -0.15) is 0 Å². The number of hydrogen-bond donors (Lipinski definition) is 2. The first kappa shape index (κ1) is 15.8. The van der Waals surface area contributed by atoms with Crippen molar-refractivity contribution in [3.63, 3.8) is 0 Å². The van der Waals surface area contributed by atoms with Crippen LogP contribution in [0.15, 0.2) is 24.3 Å². The van der Waals surface area contributed by atoms with E-state index < -0.39 is 5.54 Å². The second-order valence-electron chi connectivity index (χ2n) is 6.12. The summed E-state index contributed by atoms with van der Waals surface area (Å²) in [6.45, 7) is 2.67. The van der Waals surface area contributed by atoms with Gasteiger partial charge in [0.05, 0.1) is 5.54 Å². The van der Waals surface area contributed by atoms with E-state index >= 15 is 0 Å². The maximum Gasteiger partial charge on any atom is 0.237 e. The van der Waals surface area contributed by atoms with E-state index in [1.807, 2.05) is 14.0 Å². The Labute approximate surface area is 125 Å². The zero-order chi connectivity index (χ0) is 15.5. The van der Waals surface area contributed by atoms with Crippen molar-refractivity contribution in [2.45, 2.75) is 44.2 Å². The lowest BCUT2D eigenvalue weighted by molar-refractivity contribution is -0.124. The highest BCUT2D eigenvalue weighted by Crippen LogP contribution is 2.25. The molecular formula is C16H24FN3O. The van der Waals surface area contributed by atoms with E-state index in [4.69, 9.17) is 5.73 Å². The van der Waals surface area contributed by atoms with Crippen LogP contribution in [0.4, 0.5) is 10.1 Å². The molecule has 1 atom stereocenters. The Bertz CT molecular complexity index is 487. The lowest BCUT2D eigenvalue weighted by Crippen LogP contribution is -2.54. The Balaban J connectivity index is 1.83. The molecule has 1 unspecified atom stereocenters. The Morgan fingerprint density at radius 3 is 2.57 bits per heavy atom. The normalized spacial score (nSPS) is 17.3. The van der Waals surface area contributed by atoms with E-state index in [2.05, 4.69) is 10.2 Å². The van der Waals surface area contributed by atoms with Gasteiger partial charge in [-0.3, -0.25) is 4.79 Å². The Morgan fingerprint density at radius 2 is 2.05 bits per heavy atom. The topological polar surface area (TPSA) is 58.4 Å². The standard InChI is InChI=1S/C16H24FN3O/c1-16(15(18)21,19-13-6-7-13)10-3-11-20(2)14-8-4-12(17)5-9-14/h4-5,8-9,13,19H,3,6-7,10-11H2,1-2H3,(H2,18,21). The fraction of sp³-hybridized carbons (Fsp3) is 0.562. The van der Waals surface area contributed by atoms with Crippen LogP contribution in [0.25, 0.3) is 0 Å². The summed E-state index contributed by atoms with van der Waals surface area (Å²) in [5.41, 5.74) is 5.87. The number of nitrogens with zero attached hydrogens (tertiary/aromatic N) is 1. The molecule has 1 aliphatic carbocycles. The van der Waals surface area contributed by atoms with Crippen molar-refractivity contribution in [3.8, 4) is 0 Å². The Hall–Kier alpha value is -1.62. The molecule has 0 aliphatic heterocycles. The summed E-state index contributed by atoms with van der Waals surface area (Å²) < 4.78 is 12.9. The first-order valence-electron chi connectivity index (χ1n) is 7.45. The minimum atomic E-state index is -0.634. The molecule has 1 saturated carbocycles. The molecule has 4 nitrogen and oxygen atoms in total. The largest absolute Gasteiger partial charge is 0.375 e. The molecular weight excluding hydrogens is 269 g/mol. The number of carbonyl (C=O) groups excluding carboxylic acids is 1. The van der Waals surface area contributed by atoms with Gasteiger partial charge in [0.2, 0.25) is 5.91 Å². The molecule has 1 aliphatic rings. The zero-order valence-corrected chi connectivity index (χ0v) is 12.7. The summed E-state index contributed by atoms with van der Waals surface area (Å²) in [6.07, 6.45) is 3.79. The van der Waals surface area contributed by atoms with Crippen LogP contribution in [0.5, 0.6) is 0 Å². The van der Waals surface area contributed by atoms with E-state index in [0.717, 1.165) is 31.5 Å². The number of benzene rings is 1. The van der Waals surface area contributed by atoms with Crippen LogP contribution < -0.4 is 16.0 Å². The number of amides is 1. The van der Waals surface area contributed by atoms with Crippen LogP contribution in [0, 0.1) is 5.82 Å². The zero-order valence-electron chi connectivity index (χ0n) is 12.7. The third-order valence-corrected chi connectivity index (χ3v) is 4.08. The van der Waals surface area contributed by atoms with E-state index in [1.54, 1.807) is 12.1 Å². The van der Waals surface area contributed by atoms with Crippen LogP contribution >= 0.6 is 0 Å². The van der Waals surface area contributed by atoms with Crippen LogP contribution in [0.1, 0.15) is 32.6 Å². The fourth-order valence-electron chi connectivity index (χ4n) is 2.44. The quantitative estimate of drug-likeness (QED) is 0.771. The molecule has 116 valence electrons. The molecule has 2 rings (SSSR count). The second-order valence-corrected chi connectivity index (χ2v) is 6.12. The molecule has 1 amide bonds. The van der Waals surface area contributed by atoms with E-state index in [0.29, 0.717) is 12.5 Å². The molecule has 0 bridgehead atoms. The Morgan fingerprint density at radius 1 is 1.43 bits per heavy atom. The number of hydrogen-bond acceptors (Lipinski definition) is 3. The molecule has 0 saturated heterocycles. The minimum Gasteiger partial charge on any atom is -0.375 e. The average molecular weight is 293 g/mol. The number of anilines is 1. The predicted octanol–water partition coefficient (Wildman–Crippen LogP) is 2.04. The van der Waals surface area contributed by atoms with Crippen molar-refractivity contribution in [1.82, 2.24) is 5.32 Å². The van der Waals surface area contributed by atoms with Crippen molar-refractivity contribution in [3.05, 3.63) is 30.1 Å². The van der Waals surface area contributed by atoms with Gasteiger partial charge < -0.3 is 16.0 Å². The van der Waals surface area contributed by atoms with Gasteiger partial charge in [0, 0.05) is 25.3 Å². The maximum atomic E-state index is 12.9. The number of halogens is 1. The number of rotatable bonds is 8. The third-order valence-electron chi connectivity index (χ3n) is 4.08. The van der Waals surface area contributed by atoms with E-state index in [9.17, 15) is 9.18 Å². The molecule has 0 heterocycles. The second kappa shape index (κ2) is 6.43. The van der Waals surface area contributed by atoms with E-state index in [1.165, 1.54) is 12.1 Å². The first-order chi connectivity index (χ1) is 9.90. The highest BCUT2D eigenvalue weighted by molar-refractivity contribution is 5.84. The van der Waals surface area contributed by atoms with Crippen LogP contribution in [0.2, 0.25) is 0 Å². The van der Waals surface area contributed by atoms with Gasteiger partial charge in [-0.1, -0.05) is 0 Å². The molecule has 1 aromatic carbocycles. The SMILES string of the molecule is CN(CCCC(C)(NC1CC1)C(N)=O)c1ccc(F)cc1. The van der Waals surface area contributed by atoms with Gasteiger partial charge >= 0.3 is 0 Å². The summed E-state index contributed by atoms with van der Waals surface area (Å²) >= 11 is 0. The molecule has 0 aromatic heterocycles. The van der Waals surface area contributed by atoms with Crippen LogP contribution in [-0.4, -0.2) is 31.1 Å². The molecule has 0 radical (unpaired) electrons. The number of primary amides is 1. The molecule has 0 spiro atoms. The van der Waals surface area contributed by atoms with E-state index in [-0.39, 0.29) is 11.7 Å². The summed E-state index contributed by atoms with van der Waals surface area (Å²) in [7, 11) is 1.96. The van der Waals surface area contributed by atoms with Crippen LogP contribution in [0.3, 0.4) is 0 Å². The molecule has 3 N–H and O–H groups in total. The van der Waals surface area contributed by atoms with Crippen molar-refractivity contribution in [2.75, 3.05) is 18.5 Å². The first-order valence-corrected chi connectivity index (χ1v) is 7.45. The highest BCUT2D eigenvalue weighted by Gasteiger charge is 2.36. The van der Waals surface area contributed by atoms with Gasteiger partial charge in [-0.25, -0.2) is 4.39 Å². The lowest BCUT2D eigenvalue weighted by atomic mass is 9.94. The molecule has 1 fully saturated rings. The summed E-state index contributed by atoms with van der Waals surface area (Å²) in [4.78, 5) is 13.7. The maximum absolute atomic E-state index is 12.9. The van der Waals surface area contributed by atoms with Crippen LogP contribution in [-0.2, 0) is 4.79 Å². The number of nitrogens with one attached hydrogen (secondary N) is 1. The van der Waals surface area contributed by atoms with Gasteiger partial charge in [0.15, 0.2) is 0 Å². The van der Waals surface area contributed by atoms with Gasteiger partial charge in [-0.15, -0.1) is 0 Å². The minimum absolute atomic E-state index is 0.234. The monoisotopic (exact) mass is 293 g/mol. The van der Waals surface area contributed by atoms with Crippen molar-refractivity contribution < 1.29 is 9.18 Å². The van der Waals surface area contributed by atoms with Gasteiger partial charge in [0.25, 0.3) is 0 Å². The third kappa shape index (κ3) is 4.43. The molecule has 5 heteroatoms. The van der Waals surface area contributed by atoms with Crippen molar-refractivity contribution in [1.29, 1.82) is 0 Å². The van der Waals surface area contributed by atoms with Crippen molar-refractivity contribution >= 4 is 11.6 Å². The fourth-order valence-corrected chi connectivity index (χ4v) is 2.44. The Kier molecular flexibility index (Phi) is 4.83. The lowest BCUT2D eigenvalue weighted by Gasteiger charge is -2.29. The van der Waals surface area contributed by atoms with Crippen molar-refractivity contribution in [2.24, 2.45) is 5.73 Å². The average Bonchev–Trinajstić information content (AvgIpc) is 3.23. The smallest absolute Gasteiger partial charge is 0.237 e. The number of carbonyl (C=O) groups is 1. The summed E-state index contributed by atoms with van der Waals surface area (Å²) in [5, 5.41) is 3.35. The molecule has 21 heavy (non-hydrogen) atoms.